The summed E-state index contributed by atoms with van der Waals surface area (Å²) in [5, 5.41) is 19.1. The molecule has 0 radical (unpaired) electrons. The van der Waals surface area contributed by atoms with Gasteiger partial charge in [-0.15, -0.1) is 5.10 Å². The maximum Gasteiger partial charge on any atom is 0.358 e. The zero-order valence-corrected chi connectivity index (χ0v) is 16.6. The monoisotopic (exact) mass is 426 g/mol. The summed E-state index contributed by atoms with van der Waals surface area (Å²) in [4.78, 5) is 30.0. The van der Waals surface area contributed by atoms with Crippen LogP contribution in [0.5, 0.6) is 0 Å². The normalized spacial score (nSPS) is 13.8. The maximum absolute atomic E-state index is 14.2. The largest absolute Gasteiger partial charge is 0.476 e. The van der Waals surface area contributed by atoms with Gasteiger partial charge in [0.05, 0.1) is 42.7 Å². The fourth-order valence-electron chi connectivity index (χ4n) is 3.21. The average Bonchev–Trinajstić information content (AvgIpc) is 3.26. The van der Waals surface area contributed by atoms with Crippen molar-refractivity contribution in [3.63, 3.8) is 0 Å². The third-order valence-electron chi connectivity index (χ3n) is 4.80. The first-order valence-corrected chi connectivity index (χ1v) is 9.48. The number of aryl methyl sites for hydroxylation is 1. The van der Waals surface area contributed by atoms with Gasteiger partial charge in [0.2, 0.25) is 0 Å². The number of nitrogens with zero attached hydrogens (tertiary/aromatic N) is 5. The number of aromatic nitrogens is 4. The van der Waals surface area contributed by atoms with Crippen LogP contribution in [0.1, 0.15) is 26.5 Å². The SMILES string of the molecule is Cc1ncc(NC(=O)c2cc(F)cc(N3CCOCC3)c2)cc1-n1cc(C(=O)O)nn1. The minimum Gasteiger partial charge on any atom is -0.476 e. The average molecular weight is 426 g/mol. The van der Waals surface area contributed by atoms with Crippen molar-refractivity contribution < 1.29 is 23.8 Å². The van der Waals surface area contributed by atoms with E-state index >= 15 is 0 Å². The fraction of sp³-hybridized carbons (Fsp3) is 0.250. The molecule has 1 amide bonds. The van der Waals surface area contributed by atoms with E-state index in [1.807, 2.05) is 4.90 Å². The number of ether oxygens (including phenoxy) is 1. The number of carbonyl (C=O) groups excluding carboxylic acids is 1. The van der Waals surface area contributed by atoms with Crippen LogP contribution in [0.4, 0.5) is 15.8 Å². The summed E-state index contributed by atoms with van der Waals surface area (Å²) in [6.07, 6.45) is 2.70. The van der Waals surface area contributed by atoms with E-state index in [4.69, 9.17) is 9.84 Å². The van der Waals surface area contributed by atoms with Crippen LogP contribution in [0.2, 0.25) is 0 Å². The number of halogens is 1. The van der Waals surface area contributed by atoms with Gasteiger partial charge in [0.25, 0.3) is 5.91 Å². The van der Waals surface area contributed by atoms with Gasteiger partial charge < -0.3 is 20.1 Å². The first-order valence-electron chi connectivity index (χ1n) is 9.48. The summed E-state index contributed by atoms with van der Waals surface area (Å²) in [5.41, 5.74) is 1.91. The molecular weight excluding hydrogens is 407 g/mol. The number of pyridine rings is 1. The molecule has 11 heteroatoms. The summed E-state index contributed by atoms with van der Waals surface area (Å²) in [5.74, 6) is -2.22. The summed E-state index contributed by atoms with van der Waals surface area (Å²) in [6, 6.07) is 5.77. The Hall–Kier alpha value is -3.86. The van der Waals surface area contributed by atoms with Crippen molar-refractivity contribution in [3.05, 3.63) is 59.4 Å². The van der Waals surface area contributed by atoms with Crippen LogP contribution in [0.25, 0.3) is 5.69 Å². The molecule has 10 nitrogen and oxygen atoms in total. The second-order valence-electron chi connectivity index (χ2n) is 6.93. The van der Waals surface area contributed by atoms with Crippen LogP contribution in [-0.4, -0.2) is 63.3 Å². The molecule has 0 bridgehead atoms. The molecule has 3 aromatic rings. The van der Waals surface area contributed by atoms with Crippen LogP contribution >= 0.6 is 0 Å². The van der Waals surface area contributed by atoms with Crippen molar-refractivity contribution in [1.29, 1.82) is 0 Å². The minimum absolute atomic E-state index is 0.164. The second-order valence-corrected chi connectivity index (χ2v) is 6.93. The Kier molecular flexibility index (Phi) is 5.58. The molecule has 160 valence electrons. The van der Waals surface area contributed by atoms with Crippen LogP contribution in [0.3, 0.4) is 0 Å². The molecule has 0 aliphatic carbocycles. The number of carbonyl (C=O) groups is 2. The molecule has 0 unspecified atom stereocenters. The van der Waals surface area contributed by atoms with Gasteiger partial charge in [0.15, 0.2) is 5.69 Å². The van der Waals surface area contributed by atoms with E-state index in [0.29, 0.717) is 49.1 Å². The van der Waals surface area contributed by atoms with Gasteiger partial charge >= 0.3 is 5.97 Å². The van der Waals surface area contributed by atoms with Crippen LogP contribution < -0.4 is 10.2 Å². The minimum atomic E-state index is -1.21. The van der Waals surface area contributed by atoms with Crippen LogP contribution in [0, 0.1) is 12.7 Å². The van der Waals surface area contributed by atoms with Crippen molar-refractivity contribution in [2.45, 2.75) is 6.92 Å². The maximum atomic E-state index is 14.2. The topological polar surface area (TPSA) is 122 Å². The molecule has 1 aliphatic heterocycles. The Morgan fingerprint density at radius 1 is 1.19 bits per heavy atom. The molecule has 3 heterocycles. The molecule has 0 spiro atoms. The second kappa shape index (κ2) is 8.48. The Morgan fingerprint density at radius 2 is 1.97 bits per heavy atom. The van der Waals surface area contributed by atoms with Gasteiger partial charge in [-0.2, -0.15) is 0 Å². The van der Waals surface area contributed by atoms with E-state index in [1.54, 1.807) is 19.1 Å². The van der Waals surface area contributed by atoms with E-state index in [9.17, 15) is 14.0 Å². The highest BCUT2D eigenvalue weighted by Gasteiger charge is 2.17. The highest BCUT2D eigenvalue weighted by Crippen LogP contribution is 2.22. The molecule has 2 N–H and O–H groups in total. The van der Waals surface area contributed by atoms with Crippen molar-refractivity contribution in [2.24, 2.45) is 0 Å². The number of hydrogen-bond donors (Lipinski definition) is 2. The molecular formula is C20H19FN6O4. The molecule has 31 heavy (non-hydrogen) atoms. The summed E-state index contributed by atoms with van der Waals surface area (Å²) < 4.78 is 20.7. The van der Waals surface area contributed by atoms with Gasteiger partial charge in [-0.3, -0.25) is 9.78 Å². The van der Waals surface area contributed by atoms with Gasteiger partial charge in [0, 0.05) is 24.3 Å². The lowest BCUT2D eigenvalue weighted by molar-refractivity contribution is 0.0690. The lowest BCUT2D eigenvalue weighted by Crippen LogP contribution is -2.36. The predicted octanol–water partition coefficient (Wildman–Crippen LogP) is 1.90. The zero-order chi connectivity index (χ0) is 22.0. The van der Waals surface area contributed by atoms with E-state index < -0.39 is 17.7 Å². The highest BCUT2D eigenvalue weighted by atomic mass is 19.1. The molecule has 2 aromatic heterocycles. The summed E-state index contributed by atoms with van der Waals surface area (Å²) >= 11 is 0. The first kappa shape index (κ1) is 20.4. The molecule has 1 fully saturated rings. The number of benzene rings is 1. The number of nitrogens with one attached hydrogen (secondary N) is 1. The lowest BCUT2D eigenvalue weighted by atomic mass is 10.1. The summed E-state index contributed by atoms with van der Waals surface area (Å²) in [6.45, 7) is 4.03. The standard InChI is InChI=1S/C20H19FN6O4/c1-12-18(27-11-17(20(29)30)24-25-27)9-15(10-22-12)23-19(28)13-6-14(21)8-16(7-13)26-2-4-31-5-3-26/h6-11H,2-5H2,1H3,(H,23,28)(H,29,30). The first-order chi connectivity index (χ1) is 14.9. The number of carboxylic acids is 1. The summed E-state index contributed by atoms with van der Waals surface area (Å²) in [7, 11) is 0. The van der Waals surface area contributed by atoms with Gasteiger partial charge in [-0.1, -0.05) is 5.21 Å². The number of morpholine rings is 1. The number of rotatable bonds is 5. The third-order valence-corrected chi connectivity index (χ3v) is 4.80. The third kappa shape index (κ3) is 4.51. The quantitative estimate of drug-likeness (QED) is 0.634. The van der Waals surface area contributed by atoms with Gasteiger partial charge in [-0.05, 0) is 31.2 Å². The Morgan fingerprint density at radius 3 is 2.68 bits per heavy atom. The molecule has 4 rings (SSSR count). The van der Waals surface area contributed by atoms with Crippen molar-refractivity contribution in [3.8, 4) is 5.69 Å². The van der Waals surface area contributed by atoms with E-state index in [-0.39, 0.29) is 11.3 Å². The predicted molar refractivity (Wildman–Crippen MR) is 108 cm³/mol. The highest BCUT2D eigenvalue weighted by molar-refractivity contribution is 6.05. The van der Waals surface area contributed by atoms with Crippen molar-refractivity contribution in [2.75, 3.05) is 36.5 Å². The van der Waals surface area contributed by atoms with Gasteiger partial charge in [-0.25, -0.2) is 13.9 Å². The van der Waals surface area contributed by atoms with Crippen LogP contribution in [0.15, 0.2) is 36.7 Å². The van der Waals surface area contributed by atoms with Gasteiger partial charge in [0.1, 0.15) is 5.82 Å². The van der Waals surface area contributed by atoms with Crippen LogP contribution in [-0.2, 0) is 4.74 Å². The Balaban J connectivity index is 1.57. The number of hydrogen-bond acceptors (Lipinski definition) is 7. The fourth-order valence-corrected chi connectivity index (χ4v) is 3.21. The number of aromatic carboxylic acids is 1. The molecule has 0 atom stereocenters. The van der Waals surface area contributed by atoms with Crippen molar-refractivity contribution in [1.82, 2.24) is 20.0 Å². The molecule has 1 aromatic carbocycles. The molecule has 1 saturated heterocycles. The van der Waals surface area contributed by atoms with E-state index in [0.717, 1.165) is 0 Å². The molecule has 1 aliphatic rings. The van der Waals surface area contributed by atoms with Crippen molar-refractivity contribution >= 4 is 23.3 Å². The molecule has 0 saturated carbocycles. The number of carboxylic acid groups (broad SMARTS) is 1. The van der Waals surface area contributed by atoms with E-state index in [2.05, 4.69) is 20.6 Å². The lowest BCUT2D eigenvalue weighted by Gasteiger charge is -2.29. The number of anilines is 2. The Labute approximate surface area is 176 Å². The van der Waals surface area contributed by atoms with E-state index in [1.165, 1.54) is 29.2 Å². The Bertz CT molecular complexity index is 1140. The number of amides is 1. The zero-order valence-electron chi connectivity index (χ0n) is 16.6. The smallest absolute Gasteiger partial charge is 0.358 e.